The molecule has 0 bridgehead atoms. The standard InChI is InChI=1S/C23H27ClFN/c1-2-3-4-17-5-7-18(8-6-17)9-10-19-11-14-23(26-16-19)20-12-13-21(24)22(25)15-20/h3-4,11-18H,2,5-10H2,1H3. The summed E-state index contributed by atoms with van der Waals surface area (Å²) in [5, 5.41) is 0.144. The highest BCUT2D eigenvalue weighted by Crippen LogP contribution is 2.32. The second kappa shape index (κ2) is 9.32. The Balaban J connectivity index is 1.50. The van der Waals surface area contributed by atoms with Crippen LogP contribution in [0.15, 0.2) is 48.7 Å². The van der Waals surface area contributed by atoms with E-state index in [4.69, 9.17) is 11.6 Å². The minimum Gasteiger partial charge on any atom is -0.256 e. The van der Waals surface area contributed by atoms with Crippen molar-refractivity contribution >= 4 is 11.6 Å². The zero-order chi connectivity index (χ0) is 18.4. The summed E-state index contributed by atoms with van der Waals surface area (Å²) in [5.74, 6) is 1.23. The van der Waals surface area contributed by atoms with Crippen molar-refractivity contribution in [3.8, 4) is 11.3 Å². The number of nitrogens with zero attached hydrogens (tertiary/aromatic N) is 1. The van der Waals surface area contributed by atoms with Gasteiger partial charge in [0.15, 0.2) is 0 Å². The van der Waals surface area contributed by atoms with E-state index in [2.05, 4.69) is 30.1 Å². The second-order valence-electron chi connectivity index (χ2n) is 7.34. The summed E-state index contributed by atoms with van der Waals surface area (Å²) in [6.45, 7) is 2.20. The second-order valence-corrected chi connectivity index (χ2v) is 7.74. The van der Waals surface area contributed by atoms with Gasteiger partial charge >= 0.3 is 0 Å². The number of rotatable bonds is 6. The van der Waals surface area contributed by atoms with Crippen LogP contribution in [0.3, 0.4) is 0 Å². The molecule has 1 nitrogen and oxygen atoms in total. The molecule has 1 aromatic heterocycles. The first-order valence-electron chi connectivity index (χ1n) is 9.72. The molecule has 1 heterocycles. The number of benzene rings is 1. The third kappa shape index (κ3) is 5.17. The molecule has 3 heteroatoms. The first kappa shape index (κ1) is 19.1. The van der Waals surface area contributed by atoms with E-state index in [0.29, 0.717) is 0 Å². The zero-order valence-electron chi connectivity index (χ0n) is 15.4. The van der Waals surface area contributed by atoms with Crippen molar-refractivity contribution in [1.82, 2.24) is 4.98 Å². The first-order chi connectivity index (χ1) is 12.7. The van der Waals surface area contributed by atoms with Crippen LogP contribution in [-0.4, -0.2) is 4.98 Å². The lowest BCUT2D eigenvalue weighted by molar-refractivity contribution is 0.296. The summed E-state index contributed by atoms with van der Waals surface area (Å²) >= 11 is 5.74. The quantitative estimate of drug-likeness (QED) is 0.487. The number of halogens is 2. The van der Waals surface area contributed by atoms with E-state index in [1.54, 1.807) is 12.1 Å². The van der Waals surface area contributed by atoms with Crippen molar-refractivity contribution < 1.29 is 4.39 Å². The lowest BCUT2D eigenvalue weighted by atomic mass is 9.79. The van der Waals surface area contributed by atoms with Gasteiger partial charge in [-0.3, -0.25) is 4.98 Å². The fraction of sp³-hybridized carbons (Fsp3) is 0.435. The number of aromatic nitrogens is 1. The number of aryl methyl sites for hydroxylation is 1. The van der Waals surface area contributed by atoms with E-state index in [1.807, 2.05) is 12.3 Å². The minimum atomic E-state index is -0.403. The molecule has 26 heavy (non-hydrogen) atoms. The molecular formula is C23H27ClFN. The Labute approximate surface area is 161 Å². The molecule has 1 fully saturated rings. The molecule has 0 saturated heterocycles. The molecule has 0 radical (unpaired) electrons. The van der Waals surface area contributed by atoms with Crippen molar-refractivity contribution in [3.05, 3.63) is 65.1 Å². The van der Waals surface area contributed by atoms with Gasteiger partial charge in [0.05, 0.1) is 10.7 Å². The van der Waals surface area contributed by atoms with Gasteiger partial charge in [0.1, 0.15) is 5.82 Å². The van der Waals surface area contributed by atoms with Crippen molar-refractivity contribution in [2.45, 2.75) is 51.9 Å². The van der Waals surface area contributed by atoms with E-state index in [-0.39, 0.29) is 5.02 Å². The summed E-state index contributed by atoms with van der Waals surface area (Å²) < 4.78 is 13.6. The van der Waals surface area contributed by atoms with Crippen molar-refractivity contribution in [2.75, 3.05) is 0 Å². The number of hydrogen-bond acceptors (Lipinski definition) is 1. The fourth-order valence-corrected chi connectivity index (χ4v) is 3.88. The van der Waals surface area contributed by atoms with Crippen LogP contribution < -0.4 is 0 Å². The summed E-state index contributed by atoms with van der Waals surface area (Å²) in [6.07, 6.45) is 15.5. The third-order valence-electron chi connectivity index (χ3n) is 5.42. The SMILES string of the molecule is CCC=CC1CCC(CCc2ccc(-c3ccc(Cl)c(F)c3)nc2)CC1. The largest absolute Gasteiger partial charge is 0.256 e. The topological polar surface area (TPSA) is 12.9 Å². The number of allylic oxidation sites excluding steroid dienone is 2. The van der Waals surface area contributed by atoms with E-state index in [0.717, 1.165) is 35.9 Å². The molecular weight excluding hydrogens is 345 g/mol. The monoisotopic (exact) mass is 371 g/mol. The van der Waals surface area contributed by atoms with Crippen molar-refractivity contribution in [1.29, 1.82) is 0 Å². The average Bonchev–Trinajstić information content (AvgIpc) is 2.68. The molecule has 0 aliphatic heterocycles. The lowest BCUT2D eigenvalue weighted by Gasteiger charge is -2.26. The van der Waals surface area contributed by atoms with Gasteiger partial charge in [0, 0.05) is 11.8 Å². The van der Waals surface area contributed by atoms with Crippen molar-refractivity contribution in [2.24, 2.45) is 11.8 Å². The molecule has 138 valence electrons. The van der Waals surface area contributed by atoms with E-state index < -0.39 is 5.82 Å². The van der Waals surface area contributed by atoms with Crippen LogP contribution in [-0.2, 0) is 6.42 Å². The molecule has 1 saturated carbocycles. The molecule has 1 aromatic carbocycles. The Hall–Kier alpha value is -1.67. The highest BCUT2D eigenvalue weighted by atomic mass is 35.5. The predicted octanol–water partition coefficient (Wildman–Crippen LogP) is 7.25. The van der Waals surface area contributed by atoms with E-state index >= 15 is 0 Å². The normalized spacial score (nSPS) is 20.6. The summed E-state index contributed by atoms with van der Waals surface area (Å²) in [5.41, 5.74) is 2.81. The van der Waals surface area contributed by atoms with Gasteiger partial charge in [-0.05, 0) is 80.5 Å². The van der Waals surface area contributed by atoms with E-state index in [1.165, 1.54) is 43.7 Å². The zero-order valence-corrected chi connectivity index (χ0v) is 16.2. The summed E-state index contributed by atoms with van der Waals surface area (Å²) in [4.78, 5) is 4.51. The van der Waals surface area contributed by atoms with Crippen LogP contribution in [0.5, 0.6) is 0 Å². The smallest absolute Gasteiger partial charge is 0.142 e. The van der Waals surface area contributed by atoms with Crippen LogP contribution in [0.25, 0.3) is 11.3 Å². The Morgan fingerprint density at radius 2 is 1.96 bits per heavy atom. The van der Waals surface area contributed by atoms with Crippen LogP contribution in [0, 0.1) is 17.7 Å². The number of hydrogen-bond donors (Lipinski definition) is 0. The minimum absolute atomic E-state index is 0.144. The lowest BCUT2D eigenvalue weighted by Crippen LogP contribution is -2.13. The Morgan fingerprint density at radius 3 is 2.62 bits per heavy atom. The summed E-state index contributed by atoms with van der Waals surface area (Å²) in [7, 11) is 0. The summed E-state index contributed by atoms with van der Waals surface area (Å²) in [6, 6.07) is 8.91. The molecule has 1 aliphatic rings. The Bertz CT molecular complexity index is 730. The van der Waals surface area contributed by atoms with Crippen LogP contribution in [0.4, 0.5) is 4.39 Å². The van der Waals surface area contributed by atoms with Gasteiger partial charge in [0.25, 0.3) is 0 Å². The Kier molecular flexibility index (Phi) is 6.85. The third-order valence-corrected chi connectivity index (χ3v) is 5.72. The van der Waals surface area contributed by atoms with Gasteiger partial charge in [-0.1, -0.05) is 42.8 Å². The Morgan fingerprint density at radius 1 is 1.15 bits per heavy atom. The number of pyridine rings is 1. The highest BCUT2D eigenvalue weighted by molar-refractivity contribution is 6.30. The first-order valence-corrected chi connectivity index (χ1v) is 10.1. The van der Waals surface area contributed by atoms with Gasteiger partial charge in [-0.25, -0.2) is 4.39 Å². The molecule has 3 rings (SSSR count). The highest BCUT2D eigenvalue weighted by Gasteiger charge is 2.19. The molecule has 0 N–H and O–H groups in total. The molecule has 0 spiro atoms. The molecule has 1 aliphatic carbocycles. The fourth-order valence-electron chi connectivity index (χ4n) is 3.77. The predicted molar refractivity (Wildman–Crippen MR) is 108 cm³/mol. The van der Waals surface area contributed by atoms with Crippen molar-refractivity contribution in [3.63, 3.8) is 0 Å². The van der Waals surface area contributed by atoms with Gasteiger partial charge in [0.2, 0.25) is 0 Å². The maximum Gasteiger partial charge on any atom is 0.142 e. The maximum absolute atomic E-state index is 13.6. The van der Waals surface area contributed by atoms with Crippen LogP contribution >= 0.6 is 11.6 Å². The van der Waals surface area contributed by atoms with Crippen LogP contribution in [0.2, 0.25) is 5.02 Å². The molecule has 0 atom stereocenters. The van der Waals surface area contributed by atoms with Gasteiger partial charge in [-0.15, -0.1) is 0 Å². The van der Waals surface area contributed by atoms with Gasteiger partial charge < -0.3 is 0 Å². The van der Waals surface area contributed by atoms with E-state index in [9.17, 15) is 4.39 Å². The molecule has 0 unspecified atom stereocenters. The maximum atomic E-state index is 13.6. The molecule has 0 amide bonds. The molecule has 2 aromatic rings. The van der Waals surface area contributed by atoms with Crippen LogP contribution in [0.1, 0.15) is 51.0 Å². The average molecular weight is 372 g/mol. The van der Waals surface area contributed by atoms with Gasteiger partial charge in [-0.2, -0.15) is 0 Å².